The second kappa shape index (κ2) is 4.92. The topological polar surface area (TPSA) is 24.1 Å². The molecule has 4 rings (SSSR count). The van der Waals surface area contributed by atoms with Crippen molar-refractivity contribution in [3.8, 4) is 11.7 Å². The number of rotatable bonds is 0. The summed E-state index contributed by atoms with van der Waals surface area (Å²) in [5.41, 5.74) is 3.29. The minimum absolute atomic E-state index is 0.0780. The number of hydrogen-bond donors (Lipinski definition) is 2. The lowest BCUT2D eigenvalue weighted by atomic mass is 9.74. The van der Waals surface area contributed by atoms with Gasteiger partial charge >= 0.3 is 6.98 Å². The molecule has 0 bridgehead atoms. The first-order valence-electron chi connectivity index (χ1n) is 7.01. The highest BCUT2D eigenvalue weighted by atomic mass is 15.0. The molecule has 0 spiro atoms. The highest BCUT2D eigenvalue weighted by Gasteiger charge is 2.21. The molecule has 0 aliphatic carbocycles. The fourth-order valence-corrected chi connectivity index (χ4v) is 2.68. The molecule has 3 heteroatoms. The minimum Gasteiger partial charge on any atom is -0.398 e. The van der Waals surface area contributed by atoms with E-state index in [1.54, 1.807) is 0 Å². The van der Waals surface area contributed by atoms with E-state index in [2.05, 4.69) is 58.6 Å². The lowest BCUT2D eigenvalue weighted by Crippen LogP contribution is -2.36. The van der Waals surface area contributed by atoms with E-state index in [0.29, 0.717) is 0 Å². The molecule has 21 heavy (non-hydrogen) atoms. The molecule has 3 aromatic rings. The molecule has 0 aromatic heterocycles. The van der Waals surface area contributed by atoms with Gasteiger partial charge in [-0.25, -0.2) is 0 Å². The van der Waals surface area contributed by atoms with Gasteiger partial charge in [0.2, 0.25) is 0 Å². The Labute approximate surface area is 124 Å². The molecule has 1 aliphatic rings. The van der Waals surface area contributed by atoms with Gasteiger partial charge in [0.25, 0.3) is 0 Å². The number of nitrogens with one attached hydrogen (secondary N) is 2. The van der Waals surface area contributed by atoms with E-state index >= 15 is 0 Å². The maximum absolute atomic E-state index is 3.45. The van der Waals surface area contributed by atoms with Crippen LogP contribution in [0.5, 0.6) is 0 Å². The molecule has 2 N–H and O–H groups in total. The molecule has 1 aliphatic heterocycles. The minimum atomic E-state index is -0.0780. The molecule has 1 heterocycles. The van der Waals surface area contributed by atoms with Gasteiger partial charge in [-0.1, -0.05) is 54.2 Å². The molecule has 0 saturated carbocycles. The Bertz CT molecular complexity index is 822. The molecule has 0 fully saturated rings. The fraction of sp³-hybridized carbons (Fsp3) is 0. The highest BCUT2D eigenvalue weighted by Crippen LogP contribution is 2.33. The van der Waals surface area contributed by atoms with E-state index < -0.39 is 0 Å². The van der Waals surface area contributed by atoms with Crippen molar-refractivity contribution >= 4 is 29.1 Å². The molecule has 98 valence electrons. The number of benzene rings is 3. The predicted molar refractivity (Wildman–Crippen MR) is 90.3 cm³/mol. The van der Waals surface area contributed by atoms with Crippen LogP contribution in [0.2, 0.25) is 0 Å². The summed E-state index contributed by atoms with van der Waals surface area (Å²) in [6, 6.07) is 22.6. The summed E-state index contributed by atoms with van der Waals surface area (Å²) in [7, 11) is 0. The van der Waals surface area contributed by atoms with E-state index in [-0.39, 0.29) is 6.98 Å². The van der Waals surface area contributed by atoms with Crippen molar-refractivity contribution in [1.29, 1.82) is 0 Å². The van der Waals surface area contributed by atoms with Crippen LogP contribution in [0.1, 0.15) is 5.56 Å². The van der Waals surface area contributed by atoms with E-state index in [9.17, 15) is 0 Å². The number of anilines is 2. The average Bonchev–Trinajstić information content (AvgIpc) is 2.54. The van der Waals surface area contributed by atoms with Gasteiger partial charge in [-0.3, -0.25) is 0 Å². The van der Waals surface area contributed by atoms with Gasteiger partial charge in [0, 0.05) is 22.3 Å². The molecule has 0 unspecified atom stereocenters. The maximum Gasteiger partial charge on any atom is 0.460 e. The van der Waals surface area contributed by atoms with Gasteiger partial charge in [-0.2, -0.15) is 0 Å². The average molecular weight is 268 g/mol. The number of hydrogen-bond acceptors (Lipinski definition) is 2. The van der Waals surface area contributed by atoms with Crippen molar-refractivity contribution < 1.29 is 0 Å². The molecule has 0 atom stereocenters. The monoisotopic (exact) mass is 268 g/mol. The summed E-state index contributed by atoms with van der Waals surface area (Å²) in [6.45, 7) is -0.0780. The maximum atomic E-state index is 3.45. The predicted octanol–water partition coefficient (Wildman–Crippen LogP) is 3.76. The SMILES string of the molecule is C(#Cc1ccccc1)B1Nc2cccc3cccc(c23)N1. The Kier molecular flexibility index (Phi) is 2.79. The van der Waals surface area contributed by atoms with Crippen LogP contribution in [-0.2, 0) is 0 Å². The van der Waals surface area contributed by atoms with Crippen molar-refractivity contribution in [3.63, 3.8) is 0 Å². The third kappa shape index (κ3) is 2.21. The quantitative estimate of drug-likeness (QED) is 0.479. The van der Waals surface area contributed by atoms with Crippen LogP contribution < -0.4 is 10.5 Å². The van der Waals surface area contributed by atoms with Gasteiger partial charge in [0.05, 0.1) is 0 Å². The second-order valence-corrected chi connectivity index (χ2v) is 5.07. The normalized spacial score (nSPS) is 12.1. The van der Waals surface area contributed by atoms with E-state index in [4.69, 9.17) is 0 Å². The highest BCUT2D eigenvalue weighted by molar-refractivity contribution is 6.75. The summed E-state index contributed by atoms with van der Waals surface area (Å²) >= 11 is 0. The van der Waals surface area contributed by atoms with Gasteiger partial charge < -0.3 is 10.5 Å². The van der Waals surface area contributed by atoms with Crippen molar-refractivity contribution in [2.24, 2.45) is 0 Å². The zero-order chi connectivity index (χ0) is 14.1. The molecule has 0 amide bonds. The zero-order valence-electron chi connectivity index (χ0n) is 11.4. The van der Waals surface area contributed by atoms with Crippen LogP contribution >= 0.6 is 0 Å². The molecule has 0 saturated heterocycles. The first-order chi connectivity index (χ1) is 10.4. The molecule has 2 nitrogen and oxygen atoms in total. The third-order valence-corrected chi connectivity index (χ3v) is 3.64. The van der Waals surface area contributed by atoms with Crippen molar-refractivity contribution in [2.75, 3.05) is 10.5 Å². The third-order valence-electron chi connectivity index (χ3n) is 3.64. The van der Waals surface area contributed by atoms with E-state index in [1.807, 2.05) is 30.3 Å². The Hall–Kier alpha value is -2.86. The molecule has 3 aromatic carbocycles. The zero-order valence-corrected chi connectivity index (χ0v) is 11.4. The van der Waals surface area contributed by atoms with Crippen molar-refractivity contribution in [3.05, 3.63) is 72.3 Å². The Morgan fingerprint density at radius 1 is 0.714 bits per heavy atom. The Balaban J connectivity index is 1.70. The van der Waals surface area contributed by atoms with Crippen LogP contribution in [-0.4, -0.2) is 6.98 Å². The van der Waals surface area contributed by atoms with Crippen LogP contribution in [0.3, 0.4) is 0 Å². The summed E-state index contributed by atoms with van der Waals surface area (Å²) in [5.74, 6) is 6.45. The molecular weight excluding hydrogens is 255 g/mol. The first-order valence-corrected chi connectivity index (χ1v) is 7.01. The lowest BCUT2D eigenvalue weighted by molar-refractivity contribution is 1.61. The fourth-order valence-electron chi connectivity index (χ4n) is 2.68. The van der Waals surface area contributed by atoms with E-state index in [1.165, 1.54) is 10.8 Å². The smallest absolute Gasteiger partial charge is 0.398 e. The van der Waals surface area contributed by atoms with Gasteiger partial charge in [-0.05, 0) is 29.7 Å². The van der Waals surface area contributed by atoms with Crippen LogP contribution in [0.25, 0.3) is 10.8 Å². The first kappa shape index (κ1) is 11.9. The standard InChI is InChI=1S/C18H13BN2/c1-2-6-14(7-3-1)12-13-19-20-16-10-4-8-15-9-5-11-17(21-19)18(15)16/h1-11,20-21H. The largest absolute Gasteiger partial charge is 0.460 e. The molecular formula is C18H13BN2. The van der Waals surface area contributed by atoms with Gasteiger partial charge in [0.15, 0.2) is 0 Å². The summed E-state index contributed by atoms with van der Waals surface area (Å²) in [4.78, 5) is 0. The van der Waals surface area contributed by atoms with E-state index in [0.717, 1.165) is 16.9 Å². The molecule has 0 radical (unpaired) electrons. The van der Waals surface area contributed by atoms with Crippen LogP contribution in [0, 0.1) is 11.7 Å². The van der Waals surface area contributed by atoms with Gasteiger partial charge in [-0.15, -0.1) is 0 Å². The summed E-state index contributed by atoms with van der Waals surface area (Å²) in [5, 5.41) is 9.36. The van der Waals surface area contributed by atoms with Crippen molar-refractivity contribution in [2.45, 2.75) is 0 Å². The summed E-state index contributed by atoms with van der Waals surface area (Å²) in [6.07, 6.45) is 0. The van der Waals surface area contributed by atoms with Gasteiger partial charge in [0.1, 0.15) is 0 Å². The summed E-state index contributed by atoms with van der Waals surface area (Å²) < 4.78 is 0. The van der Waals surface area contributed by atoms with Crippen molar-refractivity contribution in [1.82, 2.24) is 0 Å². The second-order valence-electron chi connectivity index (χ2n) is 5.07. The Morgan fingerprint density at radius 3 is 2.05 bits per heavy atom. The Morgan fingerprint density at radius 2 is 1.38 bits per heavy atom. The van der Waals surface area contributed by atoms with Crippen LogP contribution in [0.15, 0.2) is 66.7 Å². The van der Waals surface area contributed by atoms with Crippen LogP contribution in [0.4, 0.5) is 11.4 Å². The lowest BCUT2D eigenvalue weighted by Gasteiger charge is -2.23.